The summed E-state index contributed by atoms with van der Waals surface area (Å²) in [7, 11) is 3.80. The van der Waals surface area contributed by atoms with Crippen LogP contribution in [-0.2, 0) is 4.79 Å². The number of hydrazone groups is 1. The van der Waals surface area contributed by atoms with Crippen molar-refractivity contribution >= 4 is 27.5 Å². The number of halogens is 1. The fourth-order valence-electron chi connectivity index (χ4n) is 4.11. The van der Waals surface area contributed by atoms with Crippen LogP contribution in [0.15, 0.2) is 58.1 Å². The van der Waals surface area contributed by atoms with Gasteiger partial charge >= 0.3 is 0 Å². The largest absolute Gasteiger partial charge is 0.497 e. The molecule has 164 valence electrons. The van der Waals surface area contributed by atoms with E-state index in [2.05, 4.69) is 44.9 Å². The van der Waals surface area contributed by atoms with Gasteiger partial charge in [0.2, 0.25) is 5.91 Å². The Morgan fingerprint density at radius 1 is 1.13 bits per heavy atom. The maximum absolute atomic E-state index is 13.2. The van der Waals surface area contributed by atoms with E-state index in [1.54, 1.807) is 12.1 Å². The van der Waals surface area contributed by atoms with Crippen molar-refractivity contribution in [2.75, 3.05) is 46.9 Å². The van der Waals surface area contributed by atoms with Gasteiger partial charge in [-0.15, -0.1) is 0 Å². The molecule has 0 saturated carbocycles. The molecule has 4 rings (SSSR count). The number of methoxy groups -OCH3 is 1. The van der Waals surface area contributed by atoms with Crippen molar-refractivity contribution in [3.63, 3.8) is 0 Å². The summed E-state index contributed by atoms with van der Waals surface area (Å²) >= 11 is 3.56. The lowest BCUT2D eigenvalue weighted by molar-refractivity contribution is -0.133. The molecule has 0 radical (unpaired) electrons. The summed E-state index contributed by atoms with van der Waals surface area (Å²) in [6.07, 6.45) is 1.18. The molecule has 0 spiro atoms. The zero-order chi connectivity index (χ0) is 21.8. The van der Waals surface area contributed by atoms with Crippen LogP contribution in [0.25, 0.3) is 0 Å². The van der Waals surface area contributed by atoms with Crippen LogP contribution in [0.2, 0.25) is 0 Å². The number of hydrogen-bond acceptors (Lipinski definition) is 5. The number of carbonyl (C=O) groups is 1. The number of carbonyl (C=O) groups excluding carboxylic acids is 1. The second-order valence-electron chi connectivity index (χ2n) is 8.18. The third-order valence-corrected chi connectivity index (χ3v) is 6.55. The summed E-state index contributed by atoms with van der Waals surface area (Å²) < 4.78 is 6.28. The van der Waals surface area contributed by atoms with Crippen LogP contribution >= 0.6 is 15.9 Å². The fourth-order valence-corrected chi connectivity index (χ4v) is 4.53. The zero-order valence-corrected chi connectivity index (χ0v) is 19.7. The van der Waals surface area contributed by atoms with E-state index in [9.17, 15) is 4.79 Å². The molecule has 1 atom stereocenters. The lowest BCUT2D eigenvalue weighted by atomic mass is 9.98. The Morgan fingerprint density at radius 3 is 2.55 bits per heavy atom. The lowest BCUT2D eigenvalue weighted by Gasteiger charge is -2.32. The fraction of sp³-hybridized carbons (Fsp3) is 0.417. The van der Waals surface area contributed by atoms with Crippen molar-refractivity contribution in [2.45, 2.75) is 18.9 Å². The highest BCUT2D eigenvalue weighted by molar-refractivity contribution is 9.10. The van der Waals surface area contributed by atoms with Gasteiger partial charge in [0, 0.05) is 50.0 Å². The molecule has 2 heterocycles. The van der Waals surface area contributed by atoms with E-state index in [1.165, 1.54) is 0 Å². The average molecular weight is 485 g/mol. The third kappa shape index (κ3) is 5.34. The maximum Gasteiger partial charge on any atom is 0.244 e. The first-order valence-corrected chi connectivity index (χ1v) is 11.5. The summed E-state index contributed by atoms with van der Waals surface area (Å²) in [6.45, 7) is 4.91. The van der Waals surface area contributed by atoms with Gasteiger partial charge in [-0.25, -0.2) is 5.01 Å². The number of hydrogen-bond donors (Lipinski definition) is 0. The maximum atomic E-state index is 13.2. The number of ether oxygens (including phenoxy) is 1. The molecule has 6 nitrogen and oxygen atoms in total. The number of piperazine rings is 1. The molecule has 2 aromatic rings. The Bertz CT molecular complexity index is 939. The van der Waals surface area contributed by atoms with E-state index < -0.39 is 0 Å². The second kappa shape index (κ2) is 9.94. The minimum absolute atomic E-state index is 0.0763. The molecule has 0 aliphatic carbocycles. The first-order valence-electron chi connectivity index (χ1n) is 10.7. The molecule has 0 bridgehead atoms. The molecule has 0 aromatic heterocycles. The highest BCUT2D eigenvalue weighted by Gasteiger charge is 2.33. The van der Waals surface area contributed by atoms with Gasteiger partial charge < -0.3 is 14.5 Å². The number of amides is 1. The number of benzene rings is 2. The van der Waals surface area contributed by atoms with E-state index in [0.717, 1.165) is 59.8 Å². The summed E-state index contributed by atoms with van der Waals surface area (Å²) in [5, 5.41) is 6.50. The zero-order valence-electron chi connectivity index (χ0n) is 18.1. The Hall–Kier alpha value is -2.22. The Labute approximate surface area is 192 Å². The summed E-state index contributed by atoms with van der Waals surface area (Å²) in [5.41, 5.74) is 3.05. The topological polar surface area (TPSA) is 48.4 Å². The summed E-state index contributed by atoms with van der Waals surface area (Å²) in [4.78, 5) is 17.9. The summed E-state index contributed by atoms with van der Waals surface area (Å²) in [5.74, 6) is 0.887. The van der Waals surface area contributed by atoms with E-state index in [0.29, 0.717) is 12.8 Å². The normalized spacial score (nSPS) is 20.0. The molecule has 31 heavy (non-hydrogen) atoms. The molecule has 1 amide bonds. The SMILES string of the molecule is COc1ccc(C2=NN(C(=O)CCN3CCN(C)CC3)C(c3cccc(Br)c3)C2)cc1. The van der Waals surface area contributed by atoms with Gasteiger partial charge in [0.05, 0.1) is 18.9 Å². The van der Waals surface area contributed by atoms with Crippen LogP contribution in [0.5, 0.6) is 5.75 Å². The van der Waals surface area contributed by atoms with Gasteiger partial charge in [-0.05, 0) is 54.6 Å². The Morgan fingerprint density at radius 2 is 1.87 bits per heavy atom. The van der Waals surface area contributed by atoms with Crippen LogP contribution in [0, 0.1) is 0 Å². The van der Waals surface area contributed by atoms with Crippen molar-refractivity contribution in [1.29, 1.82) is 0 Å². The second-order valence-corrected chi connectivity index (χ2v) is 9.10. The smallest absolute Gasteiger partial charge is 0.244 e. The molecular weight excluding hydrogens is 456 g/mol. The minimum Gasteiger partial charge on any atom is -0.497 e. The number of nitrogens with zero attached hydrogens (tertiary/aromatic N) is 4. The molecule has 2 aliphatic heterocycles. The van der Waals surface area contributed by atoms with Gasteiger partial charge in [0.25, 0.3) is 0 Å². The quantitative estimate of drug-likeness (QED) is 0.625. The number of likely N-dealkylation sites (N-methyl/N-ethyl adjacent to an activating group) is 1. The van der Waals surface area contributed by atoms with Crippen molar-refractivity contribution in [2.24, 2.45) is 5.10 Å². The molecule has 7 heteroatoms. The van der Waals surface area contributed by atoms with Crippen molar-refractivity contribution in [3.8, 4) is 5.75 Å². The molecule has 1 unspecified atom stereocenters. The number of rotatable bonds is 6. The van der Waals surface area contributed by atoms with E-state index in [1.807, 2.05) is 36.4 Å². The predicted molar refractivity (Wildman–Crippen MR) is 126 cm³/mol. The van der Waals surface area contributed by atoms with Gasteiger partial charge in [-0.2, -0.15) is 5.10 Å². The van der Waals surface area contributed by atoms with E-state index >= 15 is 0 Å². The molecular formula is C24H29BrN4O2. The van der Waals surface area contributed by atoms with Gasteiger partial charge in [-0.1, -0.05) is 28.1 Å². The van der Waals surface area contributed by atoms with E-state index in [4.69, 9.17) is 9.84 Å². The molecule has 0 N–H and O–H groups in total. The van der Waals surface area contributed by atoms with Crippen molar-refractivity contribution in [1.82, 2.24) is 14.8 Å². The van der Waals surface area contributed by atoms with Crippen LogP contribution < -0.4 is 4.74 Å². The highest BCUT2D eigenvalue weighted by atomic mass is 79.9. The molecule has 1 saturated heterocycles. The standard InChI is InChI=1S/C24H29BrN4O2/c1-27-12-14-28(15-13-27)11-10-24(30)29-23(19-4-3-5-20(25)16-19)17-22(26-29)18-6-8-21(31-2)9-7-18/h3-9,16,23H,10-15,17H2,1-2H3. The van der Waals surface area contributed by atoms with Crippen LogP contribution in [0.1, 0.15) is 30.0 Å². The van der Waals surface area contributed by atoms with Crippen LogP contribution in [-0.4, -0.2) is 73.3 Å². The molecule has 2 aromatic carbocycles. The van der Waals surface area contributed by atoms with Crippen molar-refractivity contribution < 1.29 is 9.53 Å². The van der Waals surface area contributed by atoms with E-state index in [-0.39, 0.29) is 11.9 Å². The van der Waals surface area contributed by atoms with Crippen LogP contribution in [0.4, 0.5) is 0 Å². The average Bonchev–Trinajstić information content (AvgIpc) is 3.24. The first-order chi connectivity index (χ1) is 15.0. The van der Waals surface area contributed by atoms with Gasteiger partial charge in [0.15, 0.2) is 0 Å². The van der Waals surface area contributed by atoms with Crippen molar-refractivity contribution in [3.05, 3.63) is 64.1 Å². The first kappa shape index (κ1) is 22.0. The van der Waals surface area contributed by atoms with Crippen LogP contribution in [0.3, 0.4) is 0 Å². The Balaban J connectivity index is 1.52. The minimum atomic E-state index is -0.0883. The van der Waals surface area contributed by atoms with Gasteiger partial charge in [-0.3, -0.25) is 4.79 Å². The Kier molecular flexibility index (Phi) is 7.05. The third-order valence-electron chi connectivity index (χ3n) is 6.06. The predicted octanol–water partition coefficient (Wildman–Crippen LogP) is 3.77. The highest BCUT2D eigenvalue weighted by Crippen LogP contribution is 2.34. The molecule has 2 aliphatic rings. The van der Waals surface area contributed by atoms with Gasteiger partial charge in [0.1, 0.15) is 5.75 Å². The lowest BCUT2D eigenvalue weighted by Crippen LogP contribution is -2.45. The summed E-state index contributed by atoms with van der Waals surface area (Å²) in [6, 6.07) is 16.0. The monoisotopic (exact) mass is 484 g/mol. The molecule has 1 fully saturated rings.